The molecular weight excluding hydrogens is 264 g/mol. The van der Waals surface area contributed by atoms with E-state index in [0.717, 1.165) is 23.9 Å². The number of hydrogen-bond acceptors (Lipinski definition) is 3. The summed E-state index contributed by atoms with van der Waals surface area (Å²) >= 11 is 0. The number of aromatic nitrogens is 1. The van der Waals surface area contributed by atoms with Gasteiger partial charge in [0, 0.05) is 11.9 Å². The largest absolute Gasteiger partial charge is 0.397 e. The highest BCUT2D eigenvalue weighted by molar-refractivity contribution is 6.00. The minimum atomic E-state index is -0.0629. The van der Waals surface area contributed by atoms with Crippen molar-refractivity contribution in [2.24, 2.45) is 0 Å². The van der Waals surface area contributed by atoms with Crippen molar-refractivity contribution in [2.45, 2.75) is 19.3 Å². The number of nitrogens with two attached hydrogens (primary N) is 1. The Kier molecular flexibility index (Phi) is 4.10. The third kappa shape index (κ3) is 3.19. The van der Waals surface area contributed by atoms with E-state index < -0.39 is 0 Å². The molecule has 5 nitrogen and oxygen atoms in total. The molecule has 112 valence electrons. The lowest BCUT2D eigenvalue weighted by Gasteiger charge is -2.14. The minimum Gasteiger partial charge on any atom is -0.397 e. The van der Waals surface area contributed by atoms with Crippen molar-refractivity contribution in [2.75, 3.05) is 31.9 Å². The van der Waals surface area contributed by atoms with E-state index in [9.17, 15) is 4.79 Å². The summed E-state index contributed by atoms with van der Waals surface area (Å²) in [6.07, 6.45) is 3.61. The molecule has 0 aliphatic carbocycles. The molecule has 1 aliphatic heterocycles. The molecule has 1 amide bonds. The molecule has 0 spiro atoms. The molecule has 21 heavy (non-hydrogen) atoms. The smallest absolute Gasteiger partial charge is 0.267 e. The van der Waals surface area contributed by atoms with Crippen LogP contribution in [0.1, 0.15) is 29.8 Å². The van der Waals surface area contributed by atoms with Gasteiger partial charge in [-0.25, -0.2) is 0 Å². The maximum absolute atomic E-state index is 12.1. The molecule has 4 N–H and O–H groups in total. The van der Waals surface area contributed by atoms with Gasteiger partial charge in [-0.05, 0) is 51.0 Å². The fourth-order valence-corrected chi connectivity index (χ4v) is 2.91. The van der Waals surface area contributed by atoms with Gasteiger partial charge in [0.2, 0.25) is 0 Å². The maximum atomic E-state index is 12.1. The van der Waals surface area contributed by atoms with Crippen LogP contribution in [0.5, 0.6) is 0 Å². The van der Waals surface area contributed by atoms with E-state index in [1.807, 2.05) is 24.3 Å². The average molecular weight is 286 g/mol. The highest BCUT2D eigenvalue weighted by Crippen LogP contribution is 2.20. The van der Waals surface area contributed by atoms with Gasteiger partial charge in [0.25, 0.3) is 5.91 Å². The summed E-state index contributed by atoms with van der Waals surface area (Å²) in [5.74, 6) is -0.0629. The quantitative estimate of drug-likeness (QED) is 0.581. The number of nitrogens with zero attached hydrogens (tertiary/aromatic N) is 1. The summed E-state index contributed by atoms with van der Waals surface area (Å²) in [6, 6.07) is 7.52. The van der Waals surface area contributed by atoms with Gasteiger partial charge in [-0.15, -0.1) is 0 Å². The lowest BCUT2D eigenvalue weighted by atomic mass is 10.2. The molecule has 0 radical (unpaired) electrons. The molecule has 1 aromatic heterocycles. The first-order valence-corrected chi connectivity index (χ1v) is 7.62. The first-order chi connectivity index (χ1) is 10.2. The van der Waals surface area contributed by atoms with Crippen LogP contribution in [0.15, 0.2) is 24.3 Å². The van der Waals surface area contributed by atoms with Crippen LogP contribution in [-0.4, -0.2) is 42.0 Å². The number of H-pyrrole nitrogens is 1. The number of anilines is 1. The van der Waals surface area contributed by atoms with Gasteiger partial charge in [0.05, 0.1) is 11.2 Å². The Labute approximate surface area is 124 Å². The van der Waals surface area contributed by atoms with E-state index in [-0.39, 0.29) is 5.91 Å². The predicted octanol–water partition coefficient (Wildman–Crippen LogP) is 1.97. The number of nitrogens with one attached hydrogen (secondary N) is 2. The molecule has 1 fully saturated rings. The molecule has 1 aliphatic rings. The Morgan fingerprint density at radius 2 is 2.14 bits per heavy atom. The summed E-state index contributed by atoms with van der Waals surface area (Å²) in [7, 11) is 0. The molecule has 0 saturated carbocycles. The number of hydrogen-bond donors (Lipinski definition) is 3. The molecule has 2 heterocycles. The second kappa shape index (κ2) is 6.18. The van der Waals surface area contributed by atoms with Crippen molar-refractivity contribution < 1.29 is 4.79 Å². The standard InChI is InChI=1S/C16H22N4O/c17-13-6-3-5-12-11-14(19-15(12)13)16(21)18-7-4-10-20-8-1-2-9-20/h3,5-6,11,19H,1-2,4,7-10,17H2,(H,18,21). The maximum Gasteiger partial charge on any atom is 0.267 e. The third-order valence-electron chi connectivity index (χ3n) is 4.07. The molecule has 5 heteroatoms. The van der Waals surface area contributed by atoms with Crippen molar-refractivity contribution in [3.05, 3.63) is 30.0 Å². The summed E-state index contributed by atoms with van der Waals surface area (Å²) in [5, 5.41) is 3.94. The van der Waals surface area contributed by atoms with Crippen LogP contribution in [-0.2, 0) is 0 Å². The fourth-order valence-electron chi connectivity index (χ4n) is 2.91. The summed E-state index contributed by atoms with van der Waals surface area (Å²) in [5.41, 5.74) is 7.97. The van der Waals surface area contributed by atoms with Gasteiger partial charge >= 0.3 is 0 Å². The lowest BCUT2D eigenvalue weighted by molar-refractivity contribution is 0.0948. The normalized spacial score (nSPS) is 15.6. The van der Waals surface area contributed by atoms with Crippen molar-refractivity contribution in [3.8, 4) is 0 Å². The summed E-state index contributed by atoms with van der Waals surface area (Å²) in [4.78, 5) is 17.7. The van der Waals surface area contributed by atoms with Crippen LogP contribution in [0.4, 0.5) is 5.69 Å². The zero-order valence-corrected chi connectivity index (χ0v) is 12.2. The van der Waals surface area contributed by atoms with E-state index in [2.05, 4.69) is 15.2 Å². The Morgan fingerprint density at radius 3 is 2.90 bits per heavy atom. The number of carbonyl (C=O) groups excluding carboxylic acids is 1. The lowest BCUT2D eigenvalue weighted by Crippen LogP contribution is -2.28. The van der Waals surface area contributed by atoms with Gasteiger partial charge in [0.15, 0.2) is 0 Å². The van der Waals surface area contributed by atoms with Gasteiger partial charge in [-0.1, -0.05) is 12.1 Å². The second-order valence-electron chi connectivity index (χ2n) is 5.65. The highest BCUT2D eigenvalue weighted by Gasteiger charge is 2.12. The first-order valence-electron chi connectivity index (χ1n) is 7.62. The minimum absolute atomic E-state index is 0.0629. The number of fused-ring (bicyclic) bond motifs is 1. The highest BCUT2D eigenvalue weighted by atomic mass is 16.1. The molecule has 0 bridgehead atoms. The third-order valence-corrected chi connectivity index (χ3v) is 4.07. The number of para-hydroxylation sites is 1. The second-order valence-corrected chi connectivity index (χ2v) is 5.65. The number of likely N-dealkylation sites (tertiary alicyclic amines) is 1. The van der Waals surface area contributed by atoms with Crippen molar-refractivity contribution in [3.63, 3.8) is 0 Å². The average Bonchev–Trinajstić information content (AvgIpc) is 3.13. The zero-order valence-electron chi connectivity index (χ0n) is 12.2. The van der Waals surface area contributed by atoms with Crippen LogP contribution >= 0.6 is 0 Å². The van der Waals surface area contributed by atoms with Gasteiger partial charge < -0.3 is 20.9 Å². The number of nitrogen functional groups attached to an aromatic ring is 1. The number of rotatable bonds is 5. The number of aromatic amines is 1. The van der Waals surface area contributed by atoms with Gasteiger partial charge in [-0.2, -0.15) is 0 Å². The Bertz CT molecular complexity index is 628. The fraction of sp³-hybridized carbons (Fsp3) is 0.438. The van der Waals surface area contributed by atoms with Crippen molar-refractivity contribution in [1.29, 1.82) is 0 Å². The summed E-state index contributed by atoms with van der Waals surface area (Å²) in [6.45, 7) is 4.19. The number of carbonyl (C=O) groups is 1. The van der Waals surface area contributed by atoms with E-state index in [1.165, 1.54) is 25.9 Å². The van der Waals surface area contributed by atoms with E-state index in [0.29, 0.717) is 17.9 Å². The van der Waals surface area contributed by atoms with E-state index >= 15 is 0 Å². The van der Waals surface area contributed by atoms with Crippen molar-refractivity contribution in [1.82, 2.24) is 15.2 Å². The molecule has 2 aromatic rings. The Morgan fingerprint density at radius 1 is 1.33 bits per heavy atom. The van der Waals surface area contributed by atoms with Crippen LogP contribution in [0.3, 0.4) is 0 Å². The van der Waals surface area contributed by atoms with Gasteiger partial charge in [-0.3, -0.25) is 4.79 Å². The molecule has 1 saturated heterocycles. The molecular formula is C16H22N4O. The van der Waals surface area contributed by atoms with Crippen LogP contribution in [0, 0.1) is 0 Å². The van der Waals surface area contributed by atoms with Crippen LogP contribution in [0.2, 0.25) is 0 Å². The molecule has 1 aromatic carbocycles. The SMILES string of the molecule is Nc1cccc2cc(C(=O)NCCCN3CCCC3)[nH]c12. The molecule has 0 unspecified atom stereocenters. The Balaban J connectivity index is 1.53. The van der Waals surface area contributed by atoms with Crippen LogP contribution in [0.25, 0.3) is 10.9 Å². The van der Waals surface area contributed by atoms with E-state index in [1.54, 1.807) is 0 Å². The summed E-state index contributed by atoms with van der Waals surface area (Å²) < 4.78 is 0. The molecule has 0 atom stereocenters. The van der Waals surface area contributed by atoms with Crippen molar-refractivity contribution >= 4 is 22.5 Å². The monoisotopic (exact) mass is 286 g/mol. The zero-order chi connectivity index (χ0) is 14.7. The first kappa shape index (κ1) is 13.9. The number of benzene rings is 1. The Hall–Kier alpha value is -2.01. The van der Waals surface area contributed by atoms with Gasteiger partial charge in [0.1, 0.15) is 5.69 Å². The predicted molar refractivity (Wildman–Crippen MR) is 85.3 cm³/mol. The van der Waals surface area contributed by atoms with E-state index in [4.69, 9.17) is 5.73 Å². The van der Waals surface area contributed by atoms with Crippen LogP contribution < -0.4 is 11.1 Å². The molecule has 3 rings (SSSR count). The topological polar surface area (TPSA) is 74.2 Å². The number of amides is 1.